The van der Waals surface area contributed by atoms with E-state index in [0.29, 0.717) is 11.3 Å². The number of amides is 1. The molecule has 0 bridgehead atoms. The Morgan fingerprint density at radius 2 is 2.09 bits per heavy atom. The largest absolute Gasteiger partial charge is 0.495 e. The van der Waals surface area contributed by atoms with Crippen molar-refractivity contribution in [3.63, 3.8) is 0 Å². The summed E-state index contributed by atoms with van der Waals surface area (Å²) in [4.78, 5) is 23.4. The van der Waals surface area contributed by atoms with Gasteiger partial charge in [0.2, 0.25) is 5.91 Å². The van der Waals surface area contributed by atoms with Gasteiger partial charge in [-0.2, -0.15) is 0 Å². The minimum absolute atomic E-state index is 0.0967. The molecule has 1 amide bonds. The topological polar surface area (TPSA) is 84.9 Å². The molecule has 6 nitrogen and oxygen atoms in total. The maximum atomic E-state index is 11.9. The average molecular weight is 342 g/mol. The van der Waals surface area contributed by atoms with Crippen LogP contribution in [0.1, 0.15) is 37.3 Å². The molecule has 0 spiro atoms. The highest BCUT2D eigenvalue weighted by molar-refractivity contribution is 6.32. The van der Waals surface area contributed by atoms with Crippen molar-refractivity contribution in [2.75, 3.05) is 13.7 Å². The van der Waals surface area contributed by atoms with Gasteiger partial charge in [-0.3, -0.25) is 4.79 Å². The van der Waals surface area contributed by atoms with Crippen molar-refractivity contribution in [2.24, 2.45) is 0 Å². The number of methoxy groups -OCH3 is 1. The highest BCUT2D eigenvalue weighted by atomic mass is 35.5. The lowest BCUT2D eigenvalue weighted by atomic mass is 10.1. The predicted octanol–water partition coefficient (Wildman–Crippen LogP) is 2.55. The minimum Gasteiger partial charge on any atom is -0.495 e. The van der Waals surface area contributed by atoms with E-state index in [1.165, 1.54) is 13.2 Å². The van der Waals surface area contributed by atoms with Crippen molar-refractivity contribution in [2.45, 2.75) is 37.8 Å². The van der Waals surface area contributed by atoms with Crippen LogP contribution >= 0.6 is 11.6 Å². The summed E-state index contributed by atoms with van der Waals surface area (Å²) in [5.41, 5.74) is 0.373. The Kier molecular flexibility index (Phi) is 6.24. The van der Waals surface area contributed by atoms with Gasteiger partial charge in [0, 0.05) is 0 Å². The van der Waals surface area contributed by atoms with E-state index in [4.69, 9.17) is 21.1 Å². The number of carboxylic acids is 1. The molecule has 23 heavy (non-hydrogen) atoms. The van der Waals surface area contributed by atoms with Gasteiger partial charge in [0.15, 0.2) is 6.04 Å². The van der Waals surface area contributed by atoms with Crippen LogP contribution in [0.15, 0.2) is 18.2 Å². The summed E-state index contributed by atoms with van der Waals surface area (Å²) in [6.07, 6.45) is 4.20. The molecule has 0 heterocycles. The van der Waals surface area contributed by atoms with Crippen LogP contribution in [-0.4, -0.2) is 36.8 Å². The Morgan fingerprint density at radius 3 is 2.65 bits per heavy atom. The van der Waals surface area contributed by atoms with E-state index in [-0.39, 0.29) is 17.7 Å². The molecule has 1 unspecified atom stereocenters. The molecule has 0 radical (unpaired) electrons. The van der Waals surface area contributed by atoms with Crippen LogP contribution in [0.2, 0.25) is 5.02 Å². The van der Waals surface area contributed by atoms with E-state index in [9.17, 15) is 14.7 Å². The smallest absolute Gasteiger partial charge is 0.330 e. The Labute approximate surface area is 139 Å². The molecule has 1 saturated carbocycles. The van der Waals surface area contributed by atoms with Crippen LogP contribution in [-0.2, 0) is 14.3 Å². The molecule has 1 aliphatic carbocycles. The quantitative estimate of drug-likeness (QED) is 0.796. The fraction of sp³-hybridized carbons (Fsp3) is 0.500. The van der Waals surface area contributed by atoms with Gasteiger partial charge in [-0.1, -0.05) is 30.5 Å². The predicted molar refractivity (Wildman–Crippen MR) is 84.7 cm³/mol. The van der Waals surface area contributed by atoms with Crippen molar-refractivity contribution in [1.29, 1.82) is 0 Å². The van der Waals surface area contributed by atoms with E-state index in [1.54, 1.807) is 12.1 Å². The molecule has 0 saturated heterocycles. The first-order valence-electron chi connectivity index (χ1n) is 7.48. The third-order valence-electron chi connectivity index (χ3n) is 3.81. The lowest BCUT2D eigenvalue weighted by Crippen LogP contribution is -2.36. The number of carbonyl (C=O) groups is 2. The zero-order chi connectivity index (χ0) is 16.8. The zero-order valence-corrected chi connectivity index (χ0v) is 13.6. The van der Waals surface area contributed by atoms with Crippen LogP contribution in [0.5, 0.6) is 5.75 Å². The normalized spacial score (nSPS) is 16.1. The fourth-order valence-corrected chi connectivity index (χ4v) is 2.87. The van der Waals surface area contributed by atoms with E-state index in [0.717, 1.165) is 25.7 Å². The maximum absolute atomic E-state index is 11.9. The van der Waals surface area contributed by atoms with Crippen molar-refractivity contribution in [3.05, 3.63) is 28.8 Å². The fourth-order valence-electron chi connectivity index (χ4n) is 2.60. The van der Waals surface area contributed by atoms with Gasteiger partial charge in [0.1, 0.15) is 12.4 Å². The average Bonchev–Trinajstić information content (AvgIpc) is 3.03. The first kappa shape index (κ1) is 17.6. The number of nitrogens with one attached hydrogen (secondary N) is 1. The number of carboxylic acid groups (broad SMARTS) is 1. The molecule has 2 N–H and O–H groups in total. The van der Waals surface area contributed by atoms with E-state index >= 15 is 0 Å². The van der Waals surface area contributed by atoms with Gasteiger partial charge < -0.3 is 19.9 Å². The summed E-state index contributed by atoms with van der Waals surface area (Å²) in [5.74, 6) is -1.19. The monoisotopic (exact) mass is 341 g/mol. The Balaban J connectivity index is 1.99. The second-order valence-electron chi connectivity index (χ2n) is 5.45. The second kappa shape index (κ2) is 8.17. The number of ether oxygens (including phenoxy) is 2. The number of hydrogen-bond acceptors (Lipinski definition) is 4. The molecule has 1 atom stereocenters. The van der Waals surface area contributed by atoms with Crippen molar-refractivity contribution in [1.82, 2.24) is 5.32 Å². The highest BCUT2D eigenvalue weighted by Crippen LogP contribution is 2.28. The lowest BCUT2D eigenvalue weighted by Gasteiger charge is -2.17. The SMILES string of the molecule is COc1ccc(C(NC(=O)COC2CCCC2)C(=O)O)cc1Cl. The maximum Gasteiger partial charge on any atom is 0.330 e. The van der Waals surface area contributed by atoms with Gasteiger partial charge in [0.25, 0.3) is 0 Å². The Bertz CT molecular complexity index is 572. The molecule has 0 aliphatic heterocycles. The zero-order valence-electron chi connectivity index (χ0n) is 12.9. The van der Waals surface area contributed by atoms with Gasteiger partial charge in [-0.05, 0) is 30.5 Å². The molecule has 0 aromatic heterocycles. The second-order valence-corrected chi connectivity index (χ2v) is 5.86. The van der Waals surface area contributed by atoms with Crippen molar-refractivity contribution >= 4 is 23.5 Å². The first-order valence-corrected chi connectivity index (χ1v) is 7.86. The van der Waals surface area contributed by atoms with Gasteiger partial charge >= 0.3 is 5.97 Å². The molecule has 2 rings (SSSR count). The number of halogens is 1. The molecular formula is C16H20ClNO5. The minimum atomic E-state index is -1.18. The van der Waals surface area contributed by atoms with Gasteiger partial charge in [-0.25, -0.2) is 4.79 Å². The molecule has 7 heteroatoms. The van der Waals surface area contributed by atoms with Gasteiger partial charge in [0.05, 0.1) is 18.2 Å². The summed E-state index contributed by atoms with van der Waals surface area (Å²) in [7, 11) is 1.47. The highest BCUT2D eigenvalue weighted by Gasteiger charge is 2.24. The van der Waals surface area contributed by atoms with Crippen LogP contribution in [0.25, 0.3) is 0 Å². The summed E-state index contributed by atoms with van der Waals surface area (Å²) >= 11 is 6.01. The van der Waals surface area contributed by atoms with Crippen molar-refractivity contribution in [3.8, 4) is 5.75 Å². The van der Waals surface area contributed by atoms with E-state index in [2.05, 4.69) is 5.32 Å². The number of rotatable bonds is 7. The molecular weight excluding hydrogens is 322 g/mol. The Hall–Kier alpha value is -1.79. The standard InChI is InChI=1S/C16H20ClNO5/c1-22-13-7-6-10(8-12(13)17)15(16(20)21)18-14(19)9-23-11-4-2-3-5-11/h6-8,11,15H,2-5,9H2,1H3,(H,18,19)(H,20,21). The van der Waals surface area contributed by atoms with Crippen LogP contribution in [0.3, 0.4) is 0 Å². The number of carbonyl (C=O) groups excluding carboxylic acids is 1. The number of aliphatic carboxylic acids is 1. The molecule has 126 valence electrons. The Morgan fingerprint density at radius 1 is 1.39 bits per heavy atom. The van der Waals surface area contributed by atoms with E-state index < -0.39 is 17.9 Å². The molecule has 1 aromatic carbocycles. The number of hydrogen-bond donors (Lipinski definition) is 2. The summed E-state index contributed by atoms with van der Waals surface area (Å²) in [6.45, 7) is -0.141. The van der Waals surface area contributed by atoms with Gasteiger partial charge in [-0.15, -0.1) is 0 Å². The molecule has 1 aromatic rings. The third-order valence-corrected chi connectivity index (χ3v) is 4.11. The molecule has 1 aliphatic rings. The third kappa shape index (κ3) is 4.84. The van der Waals surface area contributed by atoms with Crippen LogP contribution < -0.4 is 10.1 Å². The summed E-state index contributed by atoms with van der Waals surface area (Å²) in [5, 5.41) is 12.1. The van der Waals surface area contributed by atoms with E-state index in [1.807, 2.05) is 0 Å². The lowest BCUT2D eigenvalue weighted by molar-refractivity contribution is -0.143. The van der Waals surface area contributed by atoms with Crippen LogP contribution in [0, 0.1) is 0 Å². The van der Waals surface area contributed by atoms with Crippen LogP contribution in [0.4, 0.5) is 0 Å². The summed E-state index contributed by atoms with van der Waals surface area (Å²) in [6, 6.07) is 3.41. The summed E-state index contributed by atoms with van der Waals surface area (Å²) < 4.78 is 10.5. The molecule has 1 fully saturated rings. The first-order chi connectivity index (χ1) is 11.0. The number of benzene rings is 1. The van der Waals surface area contributed by atoms with Crippen molar-refractivity contribution < 1.29 is 24.2 Å².